The van der Waals surface area contributed by atoms with E-state index < -0.39 is 0 Å². The summed E-state index contributed by atoms with van der Waals surface area (Å²) in [7, 11) is 0. The molecule has 0 radical (unpaired) electrons. The lowest BCUT2D eigenvalue weighted by Crippen LogP contribution is -2.13. The SMILES string of the molecule is CCCn1nc(C(=O)CC2CCCCC2)nc1Cc1ccc(-c2ccccc2-c2nn[nH]n2)nc1. The molecule has 1 aliphatic carbocycles. The van der Waals surface area contributed by atoms with Gasteiger partial charge in [0.1, 0.15) is 5.82 Å². The minimum absolute atomic E-state index is 0.0690. The minimum Gasteiger partial charge on any atom is -0.291 e. The topological polar surface area (TPSA) is 115 Å². The van der Waals surface area contributed by atoms with Crippen molar-refractivity contribution in [2.45, 2.75) is 64.8 Å². The fourth-order valence-electron chi connectivity index (χ4n) is 4.81. The van der Waals surface area contributed by atoms with Gasteiger partial charge >= 0.3 is 0 Å². The monoisotopic (exact) mass is 470 g/mol. The molecular formula is C26H30N8O. The van der Waals surface area contributed by atoms with Gasteiger partial charge in [0.15, 0.2) is 0 Å². The van der Waals surface area contributed by atoms with E-state index in [4.69, 9.17) is 4.98 Å². The van der Waals surface area contributed by atoms with Gasteiger partial charge in [-0.2, -0.15) is 5.21 Å². The first-order valence-electron chi connectivity index (χ1n) is 12.5. The summed E-state index contributed by atoms with van der Waals surface area (Å²) in [6.45, 7) is 2.84. The first kappa shape index (κ1) is 23.0. The Morgan fingerprint density at radius 1 is 1.09 bits per heavy atom. The number of hydrogen-bond donors (Lipinski definition) is 1. The molecule has 0 aliphatic heterocycles. The lowest BCUT2D eigenvalue weighted by molar-refractivity contribution is 0.0939. The lowest BCUT2D eigenvalue weighted by Gasteiger charge is -2.19. The second-order valence-corrected chi connectivity index (χ2v) is 9.22. The van der Waals surface area contributed by atoms with Crippen LogP contribution < -0.4 is 0 Å². The molecule has 0 spiro atoms. The van der Waals surface area contributed by atoms with E-state index in [1.165, 1.54) is 19.3 Å². The van der Waals surface area contributed by atoms with Gasteiger partial charge < -0.3 is 0 Å². The van der Waals surface area contributed by atoms with Gasteiger partial charge in [-0.3, -0.25) is 9.78 Å². The number of tetrazole rings is 1. The van der Waals surface area contributed by atoms with Crippen molar-refractivity contribution in [1.29, 1.82) is 0 Å². The first-order chi connectivity index (χ1) is 17.2. The normalized spacial score (nSPS) is 14.3. The second-order valence-electron chi connectivity index (χ2n) is 9.22. The highest BCUT2D eigenvalue weighted by Gasteiger charge is 2.22. The van der Waals surface area contributed by atoms with Crippen molar-refractivity contribution in [3.63, 3.8) is 0 Å². The standard InChI is InChI=1S/C26H30N8O/c1-2-14-34-24(28-26(31-34)23(35)15-18-8-4-3-5-9-18)16-19-12-13-22(27-17-19)20-10-6-7-11-21(20)25-29-32-33-30-25/h6-7,10-13,17-18H,2-5,8-9,14-16H2,1H3,(H,29,30,32,33). The third-order valence-electron chi connectivity index (χ3n) is 6.61. The molecule has 1 aromatic carbocycles. The van der Waals surface area contributed by atoms with E-state index in [1.54, 1.807) is 0 Å². The van der Waals surface area contributed by atoms with Crippen LogP contribution in [0.15, 0.2) is 42.6 Å². The van der Waals surface area contributed by atoms with Crippen molar-refractivity contribution in [3.05, 3.63) is 59.8 Å². The molecule has 35 heavy (non-hydrogen) atoms. The molecule has 0 saturated heterocycles. The summed E-state index contributed by atoms with van der Waals surface area (Å²) in [6, 6.07) is 11.9. The summed E-state index contributed by atoms with van der Waals surface area (Å²) in [6.07, 6.45) is 9.94. The van der Waals surface area contributed by atoms with Crippen LogP contribution >= 0.6 is 0 Å². The van der Waals surface area contributed by atoms with E-state index in [1.807, 2.05) is 47.3 Å². The number of aromatic amines is 1. The molecule has 9 nitrogen and oxygen atoms in total. The zero-order chi connectivity index (χ0) is 24.0. The number of aromatic nitrogens is 8. The predicted molar refractivity (Wildman–Crippen MR) is 131 cm³/mol. The van der Waals surface area contributed by atoms with Gasteiger partial charge in [-0.25, -0.2) is 9.67 Å². The Balaban J connectivity index is 1.34. The molecule has 1 aliphatic rings. The van der Waals surface area contributed by atoms with Crippen molar-refractivity contribution in [2.75, 3.05) is 0 Å². The van der Waals surface area contributed by atoms with Crippen molar-refractivity contribution in [2.24, 2.45) is 5.92 Å². The highest BCUT2D eigenvalue weighted by atomic mass is 16.1. The Kier molecular flexibility index (Phi) is 7.02. The minimum atomic E-state index is 0.0690. The molecule has 5 rings (SSSR count). The van der Waals surface area contributed by atoms with Gasteiger partial charge in [-0.05, 0) is 29.2 Å². The number of rotatable bonds is 9. The largest absolute Gasteiger partial charge is 0.291 e. The molecule has 0 atom stereocenters. The van der Waals surface area contributed by atoms with Crippen molar-refractivity contribution in [3.8, 4) is 22.6 Å². The van der Waals surface area contributed by atoms with Crippen LogP contribution in [0.2, 0.25) is 0 Å². The maximum Gasteiger partial charge on any atom is 0.217 e. The van der Waals surface area contributed by atoms with Crippen LogP contribution in [0.4, 0.5) is 0 Å². The number of nitrogens with zero attached hydrogens (tertiary/aromatic N) is 7. The summed E-state index contributed by atoms with van der Waals surface area (Å²) in [5.41, 5.74) is 3.64. The fourth-order valence-corrected chi connectivity index (χ4v) is 4.81. The average Bonchev–Trinajstić information content (AvgIpc) is 3.56. The number of H-pyrrole nitrogens is 1. The zero-order valence-electron chi connectivity index (χ0n) is 20.0. The molecule has 0 amide bonds. The van der Waals surface area contributed by atoms with E-state index in [0.717, 1.165) is 54.0 Å². The highest BCUT2D eigenvalue weighted by molar-refractivity contribution is 5.92. The predicted octanol–water partition coefficient (Wildman–Crippen LogP) is 4.67. The number of pyridine rings is 1. The van der Waals surface area contributed by atoms with Gasteiger partial charge in [0, 0.05) is 36.7 Å². The number of hydrogen-bond acceptors (Lipinski definition) is 7. The molecule has 1 saturated carbocycles. The molecular weight excluding hydrogens is 440 g/mol. The number of aryl methyl sites for hydroxylation is 1. The number of carbonyl (C=O) groups is 1. The molecule has 4 aromatic rings. The lowest BCUT2D eigenvalue weighted by atomic mass is 9.86. The summed E-state index contributed by atoms with van der Waals surface area (Å²) < 4.78 is 1.88. The summed E-state index contributed by atoms with van der Waals surface area (Å²) in [5.74, 6) is 2.24. The molecule has 0 bridgehead atoms. The van der Waals surface area contributed by atoms with Gasteiger partial charge in [-0.1, -0.05) is 69.4 Å². The smallest absolute Gasteiger partial charge is 0.217 e. The van der Waals surface area contributed by atoms with Crippen molar-refractivity contribution in [1.82, 2.24) is 40.4 Å². The average molecular weight is 471 g/mol. The summed E-state index contributed by atoms with van der Waals surface area (Å²) >= 11 is 0. The Morgan fingerprint density at radius 3 is 2.63 bits per heavy atom. The number of carbonyl (C=O) groups excluding carboxylic acids is 1. The van der Waals surface area contributed by atoms with Crippen LogP contribution in [0.25, 0.3) is 22.6 Å². The quantitative estimate of drug-likeness (QED) is 0.353. The van der Waals surface area contributed by atoms with Gasteiger partial charge in [-0.15, -0.1) is 15.3 Å². The number of benzene rings is 1. The molecule has 180 valence electrons. The zero-order valence-corrected chi connectivity index (χ0v) is 20.0. The third kappa shape index (κ3) is 5.34. The third-order valence-corrected chi connectivity index (χ3v) is 6.61. The van der Waals surface area contributed by atoms with Crippen LogP contribution in [-0.4, -0.2) is 46.2 Å². The fraction of sp³-hybridized carbons (Fsp3) is 0.423. The Labute approximate surface area is 204 Å². The molecule has 1 fully saturated rings. The number of Topliss-reactive ketones (excluding diaryl/α,β-unsaturated/α-hetero) is 1. The maximum absolute atomic E-state index is 12.9. The number of nitrogens with one attached hydrogen (secondary N) is 1. The Morgan fingerprint density at radius 2 is 1.91 bits per heavy atom. The van der Waals surface area contributed by atoms with Gasteiger partial charge in [0.25, 0.3) is 0 Å². The van der Waals surface area contributed by atoms with Crippen molar-refractivity contribution < 1.29 is 4.79 Å². The van der Waals surface area contributed by atoms with E-state index >= 15 is 0 Å². The van der Waals surface area contributed by atoms with E-state index in [9.17, 15) is 4.79 Å². The van der Waals surface area contributed by atoms with E-state index in [2.05, 4.69) is 37.6 Å². The molecule has 3 heterocycles. The van der Waals surface area contributed by atoms with Crippen LogP contribution in [0, 0.1) is 5.92 Å². The highest BCUT2D eigenvalue weighted by Crippen LogP contribution is 2.29. The maximum atomic E-state index is 12.9. The molecule has 0 unspecified atom stereocenters. The van der Waals surface area contributed by atoms with Crippen LogP contribution in [0.1, 0.15) is 73.9 Å². The Hall–Kier alpha value is -3.75. The summed E-state index contributed by atoms with van der Waals surface area (Å²) in [5, 5.41) is 19.0. The van der Waals surface area contributed by atoms with Crippen LogP contribution in [0.5, 0.6) is 0 Å². The number of ketones is 1. The summed E-state index contributed by atoms with van der Waals surface area (Å²) in [4.78, 5) is 22.3. The van der Waals surface area contributed by atoms with Crippen molar-refractivity contribution >= 4 is 5.78 Å². The van der Waals surface area contributed by atoms with Gasteiger partial charge in [0.05, 0.1) is 5.69 Å². The Bertz CT molecular complexity index is 1260. The van der Waals surface area contributed by atoms with E-state index in [0.29, 0.717) is 30.4 Å². The second kappa shape index (κ2) is 10.7. The van der Waals surface area contributed by atoms with Gasteiger partial charge in [0.2, 0.25) is 17.4 Å². The first-order valence-corrected chi connectivity index (χ1v) is 12.5. The molecule has 3 aromatic heterocycles. The molecule has 9 heteroatoms. The van der Waals surface area contributed by atoms with Crippen LogP contribution in [0.3, 0.4) is 0 Å². The van der Waals surface area contributed by atoms with Crippen LogP contribution in [-0.2, 0) is 13.0 Å². The molecule has 1 N–H and O–H groups in total. The van der Waals surface area contributed by atoms with E-state index in [-0.39, 0.29) is 5.78 Å².